The first-order valence-electron chi connectivity index (χ1n) is 6.60. The molecule has 106 valence electrons. The molecule has 1 aromatic heterocycles. The number of fused-ring (bicyclic) bond motifs is 1. The number of nitro groups is 1. The third-order valence-electron chi connectivity index (χ3n) is 3.57. The molecule has 8 nitrogen and oxygen atoms in total. The molecule has 1 saturated heterocycles. The van der Waals surface area contributed by atoms with Gasteiger partial charge in [0, 0.05) is 12.6 Å². The first-order valence-corrected chi connectivity index (χ1v) is 6.60. The average Bonchev–Trinajstić information content (AvgIpc) is 2.95. The predicted octanol–water partition coefficient (Wildman–Crippen LogP) is 1.54. The third kappa shape index (κ3) is 2.42. The summed E-state index contributed by atoms with van der Waals surface area (Å²) in [6.45, 7) is 2.86. The Hall–Kier alpha value is -2.22. The van der Waals surface area contributed by atoms with Crippen molar-refractivity contribution in [2.24, 2.45) is 5.92 Å². The van der Waals surface area contributed by atoms with Crippen molar-refractivity contribution in [2.75, 3.05) is 25.0 Å². The van der Waals surface area contributed by atoms with E-state index in [0.717, 1.165) is 25.3 Å². The van der Waals surface area contributed by atoms with E-state index in [1.807, 2.05) is 0 Å². The smallest absolute Gasteiger partial charge is 0.300 e. The highest BCUT2D eigenvalue weighted by Crippen LogP contribution is 2.28. The van der Waals surface area contributed by atoms with Crippen molar-refractivity contribution in [3.8, 4) is 0 Å². The van der Waals surface area contributed by atoms with Crippen LogP contribution in [0, 0.1) is 16.0 Å². The van der Waals surface area contributed by atoms with Gasteiger partial charge in [-0.1, -0.05) is 0 Å². The van der Waals surface area contributed by atoms with Crippen LogP contribution in [0.2, 0.25) is 0 Å². The minimum absolute atomic E-state index is 0.0915. The van der Waals surface area contributed by atoms with Gasteiger partial charge in [-0.2, -0.15) is 0 Å². The highest BCUT2D eigenvalue weighted by Gasteiger charge is 2.20. The minimum atomic E-state index is -0.485. The van der Waals surface area contributed by atoms with Gasteiger partial charge in [0.1, 0.15) is 0 Å². The second-order valence-corrected chi connectivity index (χ2v) is 4.94. The molecule has 0 spiro atoms. The molecule has 0 radical (unpaired) electrons. The number of piperidine rings is 1. The molecule has 3 rings (SSSR count). The van der Waals surface area contributed by atoms with E-state index in [1.165, 1.54) is 18.9 Å². The Kier molecular flexibility index (Phi) is 3.46. The second kappa shape index (κ2) is 5.41. The summed E-state index contributed by atoms with van der Waals surface area (Å²) < 4.78 is 4.63. The van der Waals surface area contributed by atoms with Crippen molar-refractivity contribution in [3.05, 3.63) is 22.2 Å². The van der Waals surface area contributed by atoms with Crippen molar-refractivity contribution in [3.63, 3.8) is 0 Å². The number of aromatic nitrogens is 2. The number of non-ortho nitro benzene ring substituents is 1. The zero-order valence-corrected chi connectivity index (χ0v) is 10.8. The largest absolute Gasteiger partial charge is 0.383 e. The maximum atomic E-state index is 10.9. The molecule has 0 bridgehead atoms. The summed E-state index contributed by atoms with van der Waals surface area (Å²) in [4.78, 5) is 10.4. The van der Waals surface area contributed by atoms with Gasteiger partial charge in [0.15, 0.2) is 5.52 Å². The molecule has 1 atom stereocenters. The van der Waals surface area contributed by atoms with Gasteiger partial charge in [-0.05, 0) is 48.2 Å². The van der Waals surface area contributed by atoms with E-state index in [9.17, 15) is 10.1 Å². The van der Waals surface area contributed by atoms with Gasteiger partial charge in [0.2, 0.25) is 5.52 Å². The summed E-state index contributed by atoms with van der Waals surface area (Å²) >= 11 is 0. The van der Waals surface area contributed by atoms with E-state index < -0.39 is 4.92 Å². The Morgan fingerprint density at radius 2 is 2.30 bits per heavy atom. The van der Waals surface area contributed by atoms with Crippen molar-refractivity contribution < 1.29 is 9.55 Å². The highest BCUT2D eigenvalue weighted by atomic mass is 16.6. The lowest BCUT2D eigenvalue weighted by Gasteiger charge is -2.23. The molecule has 1 unspecified atom stereocenters. The van der Waals surface area contributed by atoms with Crippen LogP contribution in [0.25, 0.3) is 11.0 Å². The minimum Gasteiger partial charge on any atom is -0.383 e. The molecule has 1 aliphatic heterocycles. The Labute approximate surface area is 114 Å². The Bertz CT molecular complexity index is 621. The van der Waals surface area contributed by atoms with Gasteiger partial charge < -0.3 is 10.6 Å². The van der Waals surface area contributed by atoms with Crippen LogP contribution in [0.5, 0.6) is 0 Å². The number of benzene rings is 1. The number of hydrogen-bond donors (Lipinski definition) is 2. The Morgan fingerprint density at radius 3 is 3.05 bits per heavy atom. The quantitative estimate of drug-likeness (QED) is 0.644. The fourth-order valence-corrected chi connectivity index (χ4v) is 2.50. The number of nitrogens with one attached hydrogen (secondary N) is 2. The lowest BCUT2D eigenvalue weighted by molar-refractivity contribution is -0.383. The van der Waals surface area contributed by atoms with Gasteiger partial charge >= 0.3 is 5.69 Å². The summed E-state index contributed by atoms with van der Waals surface area (Å²) in [5.41, 5.74) is 1.22. The van der Waals surface area contributed by atoms with Crippen molar-refractivity contribution in [1.82, 2.24) is 15.6 Å². The van der Waals surface area contributed by atoms with Crippen molar-refractivity contribution in [1.29, 1.82) is 0 Å². The fraction of sp³-hybridized carbons (Fsp3) is 0.500. The number of anilines is 1. The Morgan fingerprint density at radius 1 is 1.45 bits per heavy atom. The van der Waals surface area contributed by atoms with E-state index in [1.54, 1.807) is 6.07 Å². The van der Waals surface area contributed by atoms with Gasteiger partial charge in [0.05, 0.1) is 10.6 Å². The lowest BCUT2D eigenvalue weighted by atomic mass is 9.99. The lowest BCUT2D eigenvalue weighted by Crippen LogP contribution is -2.33. The molecule has 2 aromatic rings. The molecule has 2 heterocycles. The second-order valence-electron chi connectivity index (χ2n) is 4.94. The van der Waals surface area contributed by atoms with Crippen molar-refractivity contribution >= 4 is 22.4 Å². The fourth-order valence-electron chi connectivity index (χ4n) is 2.50. The maximum absolute atomic E-state index is 10.9. The van der Waals surface area contributed by atoms with Gasteiger partial charge in [-0.3, -0.25) is 10.1 Å². The number of nitro benzene ring substituents is 1. The van der Waals surface area contributed by atoms with Crippen LogP contribution >= 0.6 is 0 Å². The molecule has 0 aliphatic carbocycles. The van der Waals surface area contributed by atoms with Crippen LogP contribution in [-0.2, 0) is 0 Å². The van der Waals surface area contributed by atoms with Crippen LogP contribution < -0.4 is 10.6 Å². The first-order chi connectivity index (χ1) is 9.75. The normalized spacial score (nSPS) is 19.1. The van der Waals surface area contributed by atoms with Gasteiger partial charge in [0.25, 0.3) is 0 Å². The molecule has 20 heavy (non-hydrogen) atoms. The number of rotatable bonds is 4. The zero-order chi connectivity index (χ0) is 13.9. The molecular formula is C12H15N5O3. The average molecular weight is 277 g/mol. The summed E-state index contributed by atoms with van der Waals surface area (Å²) in [6.07, 6.45) is 2.35. The molecule has 2 N–H and O–H groups in total. The van der Waals surface area contributed by atoms with Crippen LogP contribution in [0.1, 0.15) is 12.8 Å². The molecule has 1 aliphatic rings. The SMILES string of the molecule is O=[N+]([O-])c1ccc(NCC2CCCNC2)c2nonc12. The standard InChI is InChI=1S/C12H15N5O3/c18-17(19)10-4-3-9(11-12(10)16-20-15-11)14-7-8-2-1-5-13-6-8/h3-4,8,13-14H,1-2,5-7H2. The van der Waals surface area contributed by atoms with E-state index in [4.69, 9.17) is 0 Å². The van der Waals surface area contributed by atoms with E-state index in [-0.39, 0.29) is 11.2 Å². The summed E-state index contributed by atoms with van der Waals surface area (Å²) in [5.74, 6) is 0.550. The van der Waals surface area contributed by atoms with E-state index in [2.05, 4.69) is 25.6 Å². The van der Waals surface area contributed by atoms with Crippen LogP contribution in [0.4, 0.5) is 11.4 Å². The maximum Gasteiger partial charge on any atom is 0.300 e. The highest BCUT2D eigenvalue weighted by molar-refractivity contribution is 5.93. The zero-order valence-electron chi connectivity index (χ0n) is 10.8. The molecule has 0 saturated carbocycles. The van der Waals surface area contributed by atoms with Crippen LogP contribution in [0.3, 0.4) is 0 Å². The van der Waals surface area contributed by atoms with Gasteiger partial charge in [-0.25, -0.2) is 4.63 Å². The van der Waals surface area contributed by atoms with E-state index in [0.29, 0.717) is 11.4 Å². The molecule has 1 fully saturated rings. The first kappa shape index (κ1) is 12.8. The molecule has 1 aromatic carbocycles. The van der Waals surface area contributed by atoms with Crippen LogP contribution in [-0.4, -0.2) is 34.9 Å². The number of hydrogen-bond acceptors (Lipinski definition) is 7. The summed E-state index contributed by atoms with van der Waals surface area (Å²) in [5, 5.41) is 24.9. The van der Waals surface area contributed by atoms with E-state index >= 15 is 0 Å². The van der Waals surface area contributed by atoms with Gasteiger partial charge in [-0.15, -0.1) is 0 Å². The van der Waals surface area contributed by atoms with Crippen LogP contribution in [0.15, 0.2) is 16.8 Å². The molecular weight excluding hydrogens is 262 g/mol. The van der Waals surface area contributed by atoms with Crippen molar-refractivity contribution in [2.45, 2.75) is 12.8 Å². The Balaban J connectivity index is 1.79. The topological polar surface area (TPSA) is 106 Å². The third-order valence-corrected chi connectivity index (χ3v) is 3.57. The number of nitrogens with zero attached hydrogens (tertiary/aromatic N) is 3. The monoisotopic (exact) mass is 277 g/mol. The summed E-state index contributed by atoms with van der Waals surface area (Å²) in [7, 11) is 0. The summed E-state index contributed by atoms with van der Waals surface area (Å²) in [6, 6.07) is 3.08. The molecule has 8 heteroatoms. The predicted molar refractivity (Wildman–Crippen MR) is 72.5 cm³/mol. The molecule has 0 amide bonds.